The first-order valence-electron chi connectivity index (χ1n) is 13.6. The minimum absolute atomic E-state index is 0.0560. The van der Waals surface area contributed by atoms with E-state index in [2.05, 4.69) is 10.1 Å². The summed E-state index contributed by atoms with van der Waals surface area (Å²) in [4.78, 5) is 21.9. The number of piperazine rings is 1. The second-order valence-corrected chi connectivity index (χ2v) is 10.4. The van der Waals surface area contributed by atoms with Crippen LogP contribution >= 0.6 is 0 Å². The van der Waals surface area contributed by atoms with Crippen LogP contribution in [-0.2, 0) is 6.18 Å². The quantitative estimate of drug-likeness (QED) is 0.306. The normalized spacial score (nSPS) is 16.9. The molecule has 0 spiro atoms. The monoisotopic (exact) mass is 601 g/mol. The Kier molecular flexibility index (Phi) is 8.30. The number of ether oxygens (including phenoxy) is 2. The fourth-order valence-corrected chi connectivity index (χ4v) is 5.68. The Labute approximate surface area is 245 Å². The van der Waals surface area contributed by atoms with Gasteiger partial charge in [0.15, 0.2) is 11.3 Å². The van der Waals surface area contributed by atoms with Gasteiger partial charge in [0.1, 0.15) is 22.9 Å². The number of rotatable bonds is 7. The number of halogens is 4. The van der Waals surface area contributed by atoms with E-state index in [0.29, 0.717) is 40.2 Å². The highest BCUT2D eigenvalue weighted by molar-refractivity contribution is 6.00. The van der Waals surface area contributed by atoms with Crippen LogP contribution in [-0.4, -0.2) is 81.9 Å². The fourth-order valence-electron chi connectivity index (χ4n) is 5.68. The fraction of sp³-hybridized carbons (Fsp3) is 0.367. The molecule has 228 valence electrons. The van der Waals surface area contributed by atoms with Gasteiger partial charge in [0.25, 0.3) is 5.91 Å². The van der Waals surface area contributed by atoms with Crippen molar-refractivity contribution in [2.24, 2.45) is 0 Å². The Hall–Kier alpha value is -4.23. The van der Waals surface area contributed by atoms with E-state index in [0.717, 1.165) is 6.20 Å². The number of nitrogens with zero attached hydrogens (tertiary/aromatic N) is 5. The number of hydrogen-bond acceptors (Lipinski definition) is 7. The lowest BCUT2D eigenvalue weighted by molar-refractivity contribution is -0.143. The van der Waals surface area contributed by atoms with Crippen molar-refractivity contribution in [2.75, 3.05) is 40.5 Å². The zero-order chi connectivity index (χ0) is 31.1. The van der Waals surface area contributed by atoms with E-state index in [1.807, 2.05) is 11.8 Å². The zero-order valence-electron chi connectivity index (χ0n) is 24.0. The molecule has 1 amide bonds. The van der Waals surface area contributed by atoms with Gasteiger partial charge in [-0.25, -0.2) is 13.9 Å². The predicted molar refractivity (Wildman–Crippen MR) is 150 cm³/mol. The number of amides is 1. The first-order chi connectivity index (χ1) is 20.5. The average Bonchev–Trinajstić information content (AvgIpc) is 3.40. The van der Waals surface area contributed by atoms with E-state index in [1.165, 1.54) is 33.3 Å². The molecule has 1 aliphatic rings. The first kappa shape index (κ1) is 30.2. The minimum Gasteiger partial charge on any atom is -0.497 e. The van der Waals surface area contributed by atoms with Crippen molar-refractivity contribution in [3.63, 3.8) is 0 Å². The molecule has 9 nitrogen and oxygen atoms in total. The lowest BCUT2D eigenvalue weighted by atomic mass is 10.0. The molecule has 2 aromatic heterocycles. The summed E-state index contributed by atoms with van der Waals surface area (Å²) in [6.45, 7) is 3.78. The number of fused-ring (bicyclic) bond motifs is 1. The molecule has 1 fully saturated rings. The third kappa shape index (κ3) is 5.62. The van der Waals surface area contributed by atoms with Crippen molar-refractivity contribution in [3.8, 4) is 22.8 Å². The number of hydrogen-bond donors (Lipinski definition) is 1. The van der Waals surface area contributed by atoms with Gasteiger partial charge in [-0.2, -0.15) is 18.3 Å². The number of methoxy groups -OCH3 is 2. The second kappa shape index (κ2) is 11.8. The molecule has 1 N–H and O–H groups in total. The summed E-state index contributed by atoms with van der Waals surface area (Å²) in [5.41, 5.74) is -0.286. The number of carbonyl (C=O) groups is 1. The molecule has 0 saturated carbocycles. The van der Waals surface area contributed by atoms with Gasteiger partial charge >= 0.3 is 6.18 Å². The van der Waals surface area contributed by atoms with Gasteiger partial charge in [-0.1, -0.05) is 6.07 Å². The SMILES string of the molecule is COc1ccc(-c2nc3c(C(=O)N4CCN([C@H](CO)c5ccc(F)cc5OC)C[C@H]4C)cnn3c(C(F)(F)F)c2C)cc1. The maximum atomic E-state index is 14.3. The highest BCUT2D eigenvalue weighted by atomic mass is 19.4. The molecule has 43 heavy (non-hydrogen) atoms. The molecule has 0 aliphatic carbocycles. The van der Waals surface area contributed by atoms with Crippen molar-refractivity contribution in [1.29, 1.82) is 0 Å². The second-order valence-electron chi connectivity index (χ2n) is 10.4. The Morgan fingerprint density at radius 2 is 1.84 bits per heavy atom. The summed E-state index contributed by atoms with van der Waals surface area (Å²) in [6, 6.07) is 9.66. The average molecular weight is 602 g/mol. The molecule has 0 bridgehead atoms. The van der Waals surface area contributed by atoms with Gasteiger partial charge in [0.2, 0.25) is 0 Å². The van der Waals surface area contributed by atoms with Gasteiger partial charge in [-0.15, -0.1) is 0 Å². The van der Waals surface area contributed by atoms with Gasteiger partial charge in [-0.3, -0.25) is 9.69 Å². The number of aromatic nitrogens is 3. The van der Waals surface area contributed by atoms with Gasteiger partial charge in [-0.05, 0) is 44.2 Å². The molecule has 2 atom stereocenters. The maximum absolute atomic E-state index is 14.3. The van der Waals surface area contributed by atoms with Crippen LogP contribution in [0.1, 0.15) is 40.1 Å². The molecule has 13 heteroatoms. The van der Waals surface area contributed by atoms with E-state index < -0.39 is 29.6 Å². The van der Waals surface area contributed by atoms with Gasteiger partial charge in [0, 0.05) is 48.4 Å². The Balaban J connectivity index is 1.48. The van der Waals surface area contributed by atoms with Crippen molar-refractivity contribution in [2.45, 2.75) is 32.1 Å². The van der Waals surface area contributed by atoms with Crippen molar-refractivity contribution in [3.05, 3.63) is 76.9 Å². The number of benzene rings is 2. The third-order valence-corrected chi connectivity index (χ3v) is 7.83. The minimum atomic E-state index is -4.77. The van der Waals surface area contributed by atoms with Crippen LogP contribution in [0, 0.1) is 12.7 Å². The van der Waals surface area contributed by atoms with Gasteiger partial charge in [0.05, 0.1) is 38.8 Å². The molecule has 3 heterocycles. The number of aliphatic hydroxyl groups is 1. The topological polar surface area (TPSA) is 92.4 Å². The van der Waals surface area contributed by atoms with Crippen molar-refractivity contribution in [1.82, 2.24) is 24.4 Å². The summed E-state index contributed by atoms with van der Waals surface area (Å²) >= 11 is 0. The van der Waals surface area contributed by atoms with Crippen LogP contribution in [0.4, 0.5) is 17.6 Å². The van der Waals surface area contributed by atoms with Crippen molar-refractivity contribution < 1.29 is 36.9 Å². The highest BCUT2D eigenvalue weighted by Gasteiger charge is 2.40. The maximum Gasteiger partial charge on any atom is 0.433 e. The molecular weight excluding hydrogens is 570 g/mol. The molecule has 0 radical (unpaired) electrons. The van der Waals surface area contributed by atoms with Crippen LogP contribution in [0.25, 0.3) is 16.9 Å². The highest BCUT2D eigenvalue weighted by Crippen LogP contribution is 2.37. The molecule has 0 unspecified atom stereocenters. The number of alkyl halides is 3. The summed E-state index contributed by atoms with van der Waals surface area (Å²) in [6.07, 6.45) is -3.64. The summed E-state index contributed by atoms with van der Waals surface area (Å²) in [7, 11) is 2.91. The van der Waals surface area contributed by atoms with Crippen LogP contribution < -0.4 is 9.47 Å². The molecule has 2 aromatic carbocycles. The Morgan fingerprint density at radius 1 is 1.12 bits per heavy atom. The zero-order valence-corrected chi connectivity index (χ0v) is 24.0. The standard InChI is InChI=1S/C30H31F4N5O4/c1-17-15-37(24(16-40)22-10-7-20(31)13-25(22)43-4)11-12-38(17)29(41)23-14-35-39-27(30(32,33)34)18(2)26(36-28(23)39)19-5-8-21(42-3)9-6-19/h5-10,13-14,17,24,40H,11-12,15-16H2,1-4H3/t17-,24-/m1/s1. The lowest BCUT2D eigenvalue weighted by Gasteiger charge is -2.43. The van der Waals surface area contributed by atoms with Gasteiger partial charge < -0.3 is 19.5 Å². The smallest absolute Gasteiger partial charge is 0.433 e. The Bertz CT molecular complexity index is 1640. The number of carbonyl (C=O) groups excluding carboxylic acids is 1. The summed E-state index contributed by atoms with van der Waals surface area (Å²) in [5, 5.41) is 14.2. The van der Waals surface area contributed by atoms with Crippen LogP contribution in [0.5, 0.6) is 11.5 Å². The van der Waals surface area contributed by atoms with E-state index in [9.17, 15) is 27.5 Å². The molecule has 4 aromatic rings. The van der Waals surface area contributed by atoms with E-state index >= 15 is 0 Å². The third-order valence-electron chi connectivity index (χ3n) is 7.83. The lowest BCUT2D eigenvalue weighted by Crippen LogP contribution is -2.55. The van der Waals surface area contributed by atoms with Crippen LogP contribution in [0.3, 0.4) is 0 Å². The van der Waals surface area contributed by atoms with E-state index in [4.69, 9.17) is 9.47 Å². The predicted octanol–water partition coefficient (Wildman–Crippen LogP) is 4.76. The molecule has 5 rings (SSSR count). The van der Waals surface area contributed by atoms with E-state index in [1.54, 1.807) is 35.2 Å². The van der Waals surface area contributed by atoms with Crippen LogP contribution in [0.15, 0.2) is 48.7 Å². The molecule has 1 aliphatic heterocycles. The summed E-state index contributed by atoms with van der Waals surface area (Å²) in [5.74, 6) is -0.145. The first-order valence-corrected chi connectivity index (χ1v) is 13.6. The molecule has 1 saturated heterocycles. The van der Waals surface area contributed by atoms with Crippen molar-refractivity contribution >= 4 is 11.6 Å². The summed E-state index contributed by atoms with van der Waals surface area (Å²) < 4.78 is 67.9. The Morgan fingerprint density at radius 3 is 2.44 bits per heavy atom. The largest absolute Gasteiger partial charge is 0.497 e. The molecular formula is C30H31F4N5O4. The van der Waals surface area contributed by atoms with Crippen LogP contribution in [0.2, 0.25) is 0 Å². The van der Waals surface area contributed by atoms with E-state index in [-0.39, 0.29) is 41.7 Å². The number of aliphatic hydroxyl groups excluding tert-OH is 1.